The van der Waals surface area contributed by atoms with Crippen LogP contribution in [0.1, 0.15) is 78.6 Å². The van der Waals surface area contributed by atoms with Gasteiger partial charge in [0, 0.05) is 36.7 Å². The van der Waals surface area contributed by atoms with Crippen LogP contribution in [0.4, 0.5) is 13.2 Å². The Hall–Kier alpha value is -2.91. The third-order valence-electron chi connectivity index (χ3n) is 5.61. The number of nitrogens with zero attached hydrogens (tertiary/aromatic N) is 4. The lowest BCUT2D eigenvalue weighted by molar-refractivity contribution is -0.136. The molecule has 1 aliphatic rings. The van der Waals surface area contributed by atoms with Gasteiger partial charge in [-0.15, -0.1) is 0 Å². The van der Waals surface area contributed by atoms with Crippen LogP contribution >= 0.6 is 0 Å². The van der Waals surface area contributed by atoms with E-state index in [0.29, 0.717) is 31.6 Å². The first kappa shape index (κ1) is 21.3. The SMILES string of the molecule is CCc1cc(C(F)(F)F)c2c([C@@H]3CCCN(C(=O)c4cc(C(C)C)on4)C3)noc2n1. The lowest BCUT2D eigenvalue weighted by Crippen LogP contribution is -2.39. The van der Waals surface area contributed by atoms with Gasteiger partial charge < -0.3 is 13.9 Å². The van der Waals surface area contributed by atoms with Crippen molar-refractivity contribution >= 4 is 17.0 Å². The van der Waals surface area contributed by atoms with E-state index in [1.54, 1.807) is 17.9 Å². The van der Waals surface area contributed by atoms with Crippen LogP contribution in [0.25, 0.3) is 11.1 Å². The minimum atomic E-state index is -4.57. The van der Waals surface area contributed by atoms with Crippen molar-refractivity contribution in [3.05, 3.63) is 40.5 Å². The third kappa shape index (κ3) is 4.03. The Kier molecular flexibility index (Phi) is 5.49. The minimum Gasteiger partial charge on any atom is -0.360 e. The molecule has 0 N–H and O–H groups in total. The maximum absolute atomic E-state index is 13.8. The Morgan fingerprint density at radius 1 is 1.26 bits per heavy atom. The van der Waals surface area contributed by atoms with E-state index in [2.05, 4.69) is 15.3 Å². The predicted octanol–water partition coefficient (Wildman–Crippen LogP) is 4.94. The number of carbonyl (C=O) groups excluding carboxylic acids is 1. The highest BCUT2D eigenvalue weighted by atomic mass is 19.4. The van der Waals surface area contributed by atoms with E-state index in [0.717, 1.165) is 6.07 Å². The number of rotatable bonds is 4. The zero-order valence-corrected chi connectivity index (χ0v) is 17.5. The Bertz CT molecular complexity index is 1100. The number of fused-ring (bicyclic) bond motifs is 1. The third-order valence-corrected chi connectivity index (χ3v) is 5.61. The van der Waals surface area contributed by atoms with Crippen LogP contribution in [-0.4, -0.2) is 39.2 Å². The molecule has 0 unspecified atom stereocenters. The molecule has 31 heavy (non-hydrogen) atoms. The normalized spacial score (nSPS) is 17.6. The molecule has 1 atom stereocenters. The summed E-state index contributed by atoms with van der Waals surface area (Å²) in [6.07, 6.45) is -3.00. The van der Waals surface area contributed by atoms with Gasteiger partial charge in [0.15, 0.2) is 5.69 Å². The Labute approximate surface area is 176 Å². The zero-order chi connectivity index (χ0) is 22.3. The topological polar surface area (TPSA) is 85.3 Å². The van der Waals surface area contributed by atoms with Crippen molar-refractivity contribution in [2.45, 2.75) is 58.0 Å². The van der Waals surface area contributed by atoms with Crippen LogP contribution in [0, 0.1) is 0 Å². The van der Waals surface area contributed by atoms with E-state index in [1.165, 1.54) is 0 Å². The zero-order valence-electron chi connectivity index (χ0n) is 17.5. The van der Waals surface area contributed by atoms with Gasteiger partial charge in [0.25, 0.3) is 11.6 Å². The number of aryl methyl sites for hydroxylation is 1. The summed E-state index contributed by atoms with van der Waals surface area (Å²) >= 11 is 0. The number of piperidine rings is 1. The second-order valence-corrected chi connectivity index (χ2v) is 8.12. The van der Waals surface area contributed by atoms with Crippen LogP contribution in [0.5, 0.6) is 0 Å². The largest absolute Gasteiger partial charge is 0.417 e. The fourth-order valence-electron chi connectivity index (χ4n) is 3.92. The fraction of sp³-hybridized carbons (Fsp3) is 0.524. The molecule has 0 bridgehead atoms. The minimum absolute atomic E-state index is 0.0888. The number of likely N-dealkylation sites (tertiary alicyclic amines) is 1. The van der Waals surface area contributed by atoms with Crippen LogP contribution < -0.4 is 0 Å². The first-order valence-electron chi connectivity index (χ1n) is 10.3. The summed E-state index contributed by atoms with van der Waals surface area (Å²) in [7, 11) is 0. The summed E-state index contributed by atoms with van der Waals surface area (Å²) in [5.41, 5.74) is -0.247. The number of hydrogen-bond donors (Lipinski definition) is 0. The molecule has 4 rings (SSSR count). The van der Waals surface area contributed by atoms with Gasteiger partial charge in [0.05, 0.1) is 16.6 Å². The summed E-state index contributed by atoms with van der Waals surface area (Å²) in [6, 6.07) is 2.66. The molecule has 0 radical (unpaired) electrons. The molecular formula is C21H23F3N4O3. The highest BCUT2D eigenvalue weighted by Gasteiger charge is 2.38. The van der Waals surface area contributed by atoms with Gasteiger partial charge in [0.1, 0.15) is 5.76 Å². The molecule has 7 nitrogen and oxygen atoms in total. The van der Waals surface area contributed by atoms with Gasteiger partial charge in [-0.1, -0.05) is 31.1 Å². The number of alkyl halides is 3. The van der Waals surface area contributed by atoms with Gasteiger partial charge in [-0.05, 0) is 25.3 Å². The molecule has 1 amide bonds. The van der Waals surface area contributed by atoms with Crippen LogP contribution in [-0.2, 0) is 12.6 Å². The molecule has 0 aliphatic carbocycles. The maximum Gasteiger partial charge on any atom is 0.417 e. The molecule has 0 saturated carbocycles. The van der Waals surface area contributed by atoms with Gasteiger partial charge in [-0.25, -0.2) is 4.98 Å². The Morgan fingerprint density at radius 3 is 2.68 bits per heavy atom. The highest BCUT2D eigenvalue weighted by Crippen LogP contribution is 2.40. The second kappa shape index (κ2) is 7.97. The van der Waals surface area contributed by atoms with Crippen molar-refractivity contribution in [3.8, 4) is 0 Å². The van der Waals surface area contributed by atoms with Crippen LogP contribution in [0.3, 0.4) is 0 Å². The lowest BCUT2D eigenvalue weighted by Gasteiger charge is -2.31. The first-order valence-corrected chi connectivity index (χ1v) is 10.3. The summed E-state index contributed by atoms with van der Waals surface area (Å²) in [5, 5.41) is 7.69. The van der Waals surface area contributed by atoms with E-state index >= 15 is 0 Å². The average molecular weight is 436 g/mol. The molecule has 3 aromatic heterocycles. The number of aromatic nitrogens is 3. The number of halogens is 3. The second-order valence-electron chi connectivity index (χ2n) is 8.12. The molecule has 0 spiro atoms. The van der Waals surface area contributed by atoms with Crippen molar-refractivity contribution < 1.29 is 27.0 Å². The van der Waals surface area contributed by atoms with E-state index in [1.807, 2.05) is 13.8 Å². The van der Waals surface area contributed by atoms with Gasteiger partial charge in [-0.3, -0.25) is 4.79 Å². The van der Waals surface area contributed by atoms with Gasteiger partial charge in [0.2, 0.25) is 0 Å². The van der Waals surface area contributed by atoms with Crippen molar-refractivity contribution in [3.63, 3.8) is 0 Å². The standard InChI is InChI=1S/C21H23F3N4O3/c1-4-13-8-14(21(22,23)24)17-18(27-31-19(17)25-13)12-6-5-7-28(10-12)20(29)15-9-16(11(2)3)30-26-15/h8-9,11-12H,4-7,10H2,1-3H3/t12-/m1/s1. The summed E-state index contributed by atoms with van der Waals surface area (Å²) < 4.78 is 51.7. The molecule has 1 saturated heterocycles. The van der Waals surface area contributed by atoms with Crippen LogP contribution in [0.15, 0.2) is 21.2 Å². The Morgan fingerprint density at radius 2 is 2.03 bits per heavy atom. The van der Waals surface area contributed by atoms with E-state index in [9.17, 15) is 18.0 Å². The average Bonchev–Trinajstić information content (AvgIpc) is 3.39. The fourth-order valence-corrected chi connectivity index (χ4v) is 3.92. The van der Waals surface area contributed by atoms with Crippen molar-refractivity contribution in [1.82, 2.24) is 20.2 Å². The van der Waals surface area contributed by atoms with Crippen molar-refractivity contribution in [2.75, 3.05) is 13.1 Å². The molecule has 166 valence electrons. The predicted molar refractivity (Wildman–Crippen MR) is 105 cm³/mol. The number of hydrogen-bond acceptors (Lipinski definition) is 6. The monoisotopic (exact) mass is 436 g/mol. The summed E-state index contributed by atoms with van der Waals surface area (Å²) in [5.74, 6) is -0.0145. The quantitative estimate of drug-likeness (QED) is 0.576. The molecule has 4 heterocycles. The highest BCUT2D eigenvalue weighted by molar-refractivity contribution is 5.92. The molecule has 3 aromatic rings. The molecule has 1 fully saturated rings. The number of amides is 1. The first-order chi connectivity index (χ1) is 14.7. The van der Waals surface area contributed by atoms with E-state index < -0.39 is 17.7 Å². The molecule has 1 aliphatic heterocycles. The van der Waals surface area contributed by atoms with E-state index in [4.69, 9.17) is 9.05 Å². The van der Waals surface area contributed by atoms with Gasteiger partial charge in [-0.2, -0.15) is 13.2 Å². The molecule has 10 heteroatoms. The van der Waals surface area contributed by atoms with E-state index in [-0.39, 0.29) is 46.6 Å². The summed E-state index contributed by atoms with van der Waals surface area (Å²) in [4.78, 5) is 18.6. The Balaban J connectivity index is 1.66. The molecular weight excluding hydrogens is 413 g/mol. The van der Waals surface area contributed by atoms with Gasteiger partial charge >= 0.3 is 6.18 Å². The number of pyridine rings is 1. The van der Waals surface area contributed by atoms with Crippen molar-refractivity contribution in [2.24, 2.45) is 0 Å². The summed E-state index contributed by atoms with van der Waals surface area (Å²) in [6.45, 7) is 6.29. The maximum atomic E-state index is 13.8. The van der Waals surface area contributed by atoms with Crippen molar-refractivity contribution in [1.29, 1.82) is 0 Å². The smallest absolute Gasteiger partial charge is 0.360 e. The lowest BCUT2D eigenvalue weighted by atomic mass is 9.91. The number of carbonyl (C=O) groups is 1. The molecule has 0 aromatic carbocycles. The van der Waals surface area contributed by atoms with Crippen LogP contribution in [0.2, 0.25) is 0 Å².